The number of phenolic OH excluding ortho intramolecular Hbond substituents is 1. The van der Waals surface area contributed by atoms with Gasteiger partial charge in [-0.1, -0.05) is 19.9 Å². The Hall–Kier alpha value is -3.29. The molecule has 3 aromatic rings. The van der Waals surface area contributed by atoms with Crippen molar-refractivity contribution in [3.63, 3.8) is 0 Å². The maximum Gasteiger partial charge on any atom is 0.310 e. The Morgan fingerprint density at radius 3 is 2.88 bits per heavy atom. The van der Waals surface area contributed by atoms with Crippen LogP contribution in [0.25, 0.3) is 5.82 Å². The predicted octanol–water partition coefficient (Wildman–Crippen LogP) is 3.02. The summed E-state index contributed by atoms with van der Waals surface area (Å²) in [5, 5.41) is 9.73. The van der Waals surface area contributed by atoms with Gasteiger partial charge >= 0.3 is 6.08 Å². The molecule has 134 valence electrons. The Kier molecular flexibility index (Phi) is 4.92. The highest BCUT2D eigenvalue weighted by atomic mass is 19.1. The van der Waals surface area contributed by atoms with Crippen LogP contribution in [0.5, 0.6) is 11.5 Å². The summed E-state index contributed by atoms with van der Waals surface area (Å²) in [7, 11) is 0. The van der Waals surface area contributed by atoms with Gasteiger partial charge in [0.25, 0.3) is 0 Å². The summed E-state index contributed by atoms with van der Waals surface area (Å²) in [6, 6.07) is 4.51. The van der Waals surface area contributed by atoms with Crippen LogP contribution in [0.15, 0.2) is 36.8 Å². The summed E-state index contributed by atoms with van der Waals surface area (Å²) in [6.45, 7) is 3.92. The Bertz CT molecular complexity index is 940. The highest BCUT2D eigenvalue weighted by molar-refractivity contribution is 5.83. The van der Waals surface area contributed by atoms with Crippen LogP contribution in [0.1, 0.15) is 41.5 Å². The highest BCUT2D eigenvalue weighted by Crippen LogP contribution is 2.27. The molecular weight excluding hydrogens is 339 g/mol. The van der Waals surface area contributed by atoms with Gasteiger partial charge < -0.3 is 9.84 Å². The van der Waals surface area contributed by atoms with Crippen LogP contribution in [-0.2, 0) is 6.61 Å². The lowest BCUT2D eigenvalue weighted by Crippen LogP contribution is -2.11. The molecule has 0 aliphatic rings. The van der Waals surface area contributed by atoms with Gasteiger partial charge in [-0.2, -0.15) is 9.37 Å². The summed E-state index contributed by atoms with van der Waals surface area (Å²) >= 11 is 0. The summed E-state index contributed by atoms with van der Waals surface area (Å²) in [6.07, 6.45) is 4.27. The van der Waals surface area contributed by atoms with Gasteiger partial charge in [-0.25, -0.2) is 9.97 Å². The second-order valence-electron chi connectivity index (χ2n) is 5.89. The molecule has 2 aromatic heterocycles. The molecule has 0 fully saturated rings. The number of benzene rings is 1. The first-order valence-corrected chi connectivity index (χ1v) is 7.96. The quantitative estimate of drug-likeness (QED) is 0.539. The molecule has 26 heavy (non-hydrogen) atoms. The first-order chi connectivity index (χ1) is 12.5. The topological polar surface area (TPSA) is 90.1 Å². The number of aromatic hydroxyl groups is 1. The Morgan fingerprint density at radius 2 is 2.15 bits per heavy atom. The summed E-state index contributed by atoms with van der Waals surface area (Å²) in [5.41, 5.74) is 0.550. The second kappa shape index (κ2) is 7.30. The lowest BCUT2D eigenvalue weighted by molar-refractivity contribution is 0.111. The first-order valence-electron chi connectivity index (χ1n) is 7.96. The van der Waals surface area contributed by atoms with E-state index in [4.69, 9.17) is 4.74 Å². The third-order valence-electron chi connectivity index (χ3n) is 3.77. The molecule has 7 nitrogen and oxygen atoms in total. The van der Waals surface area contributed by atoms with E-state index < -0.39 is 6.08 Å². The third-order valence-corrected chi connectivity index (χ3v) is 3.77. The molecular formula is C18H17FN4O3. The van der Waals surface area contributed by atoms with Gasteiger partial charge in [0.15, 0.2) is 12.1 Å². The first kappa shape index (κ1) is 17.5. The van der Waals surface area contributed by atoms with E-state index in [0.29, 0.717) is 17.7 Å². The molecule has 0 spiro atoms. The molecule has 0 saturated heterocycles. The fraction of sp³-hybridized carbons (Fsp3) is 0.222. The van der Waals surface area contributed by atoms with Gasteiger partial charge in [-0.15, -0.1) is 0 Å². The minimum Gasteiger partial charge on any atom is -0.507 e. The normalized spacial score (nSPS) is 10.9. The van der Waals surface area contributed by atoms with Crippen LogP contribution in [0.2, 0.25) is 0 Å². The summed E-state index contributed by atoms with van der Waals surface area (Å²) in [4.78, 5) is 22.9. The van der Waals surface area contributed by atoms with E-state index in [9.17, 15) is 14.3 Å². The molecule has 0 aliphatic carbocycles. The molecule has 0 bridgehead atoms. The number of aldehydes is 1. The number of hydrogen-bond acceptors (Lipinski definition) is 6. The molecule has 0 unspecified atom stereocenters. The van der Waals surface area contributed by atoms with Crippen molar-refractivity contribution in [2.75, 3.05) is 0 Å². The van der Waals surface area contributed by atoms with Crippen molar-refractivity contribution in [2.24, 2.45) is 0 Å². The van der Waals surface area contributed by atoms with Gasteiger partial charge in [0.2, 0.25) is 0 Å². The number of carbonyl (C=O) groups is 1. The van der Waals surface area contributed by atoms with E-state index in [1.54, 1.807) is 29.1 Å². The lowest BCUT2D eigenvalue weighted by atomic mass is 10.2. The van der Waals surface area contributed by atoms with Crippen molar-refractivity contribution in [1.82, 2.24) is 19.5 Å². The minimum atomic E-state index is -0.863. The van der Waals surface area contributed by atoms with Gasteiger partial charge in [-0.05, 0) is 12.1 Å². The number of imidazole rings is 1. The van der Waals surface area contributed by atoms with E-state index >= 15 is 0 Å². The van der Waals surface area contributed by atoms with Gasteiger partial charge in [0.1, 0.15) is 23.9 Å². The Labute approximate surface area is 149 Å². The lowest BCUT2D eigenvalue weighted by Gasteiger charge is -2.14. The van der Waals surface area contributed by atoms with Crippen LogP contribution < -0.4 is 4.74 Å². The fourth-order valence-corrected chi connectivity index (χ4v) is 2.54. The zero-order valence-electron chi connectivity index (χ0n) is 14.3. The highest BCUT2D eigenvalue weighted by Gasteiger charge is 2.16. The molecule has 0 saturated carbocycles. The SMILES string of the molecule is CC(C)c1nccn1-c1nc(F)ncc1COc1cccc(O)c1C=O. The predicted molar refractivity (Wildman–Crippen MR) is 91.0 cm³/mol. The smallest absolute Gasteiger partial charge is 0.310 e. The zero-order valence-corrected chi connectivity index (χ0v) is 14.3. The summed E-state index contributed by atoms with van der Waals surface area (Å²) < 4.78 is 21.0. The molecule has 0 amide bonds. The minimum absolute atomic E-state index is 0.0182. The van der Waals surface area contributed by atoms with E-state index in [2.05, 4.69) is 15.0 Å². The summed E-state index contributed by atoms with van der Waals surface area (Å²) in [5.74, 6) is 1.17. The number of phenols is 1. The Morgan fingerprint density at radius 1 is 1.35 bits per heavy atom. The number of ether oxygens (including phenoxy) is 1. The van der Waals surface area contributed by atoms with Crippen molar-refractivity contribution >= 4 is 6.29 Å². The standard InChI is InChI=1S/C18H17FN4O3/c1-11(2)16-20-6-7-23(16)17-12(8-21-18(19)22-17)10-26-15-5-3-4-14(25)13(15)9-24/h3-9,11,25H,10H2,1-2H3. The fourth-order valence-electron chi connectivity index (χ4n) is 2.54. The van der Waals surface area contributed by atoms with Crippen molar-refractivity contribution in [2.45, 2.75) is 26.4 Å². The average molecular weight is 356 g/mol. The van der Waals surface area contributed by atoms with Crippen LogP contribution >= 0.6 is 0 Å². The van der Waals surface area contributed by atoms with E-state index in [1.807, 2.05) is 13.8 Å². The van der Waals surface area contributed by atoms with Gasteiger partial charge in [0.05, 0.1) is 11.1 Å². The molecule has 1 aromatic carbocycles. The van der Waals surface area contributed by atoms with E-state index in [-0.39, 0.29) is 29.6 Å². The number of halogens is 1. The maximum absolute atomic E-state index is 13.6. The molecule has 1 N–H and O–H groups in total. The van der Waals surface area contributed by atoms with E-state index in [0.717, 1.165) is 5.82 Å². The van der Waals surface area contributed by atoms with E-state index in [1.165, 1.54) is 12.3 Å². The van der Waals surface area contributed by atoms with Crippen LogP contribution in [0.4, 0.5) is 4.39 Å². The number of nitrogens with zero attached hydrogens (tertiary/aromatic N) is 4. The van der Waals surface area contributed by atoms with Crippen LogP contribution in [-0.4, -0.2) is 30.9 Å². The van der Waals surface area contributed by atoms with Crippen molar-refractivity contribution in [3.05, 3.63) is 59.8 Å². The average Bonchev–Trinajstić information content (AvgIpc) is 3.10. The van der Waals surface area contributed by atoms with Crippen LogP contribution in [0, 0.1) is 6.08 Å². The molecule has 2 heterocycles. The van der Waals surface area contributed by atoms with Gasteiger partial charge in [0, 0.05) is 24.5 Å². The Balaban J connectivity index is 1.96. The second-order valence-corrected chi connectivity index (χ2v) is 5.89. The van der Waals surface area contributed by atoms with Crippen molar-refractivity contribution in [1.29, 1.82) is 0 Å². The molecule has 3 rings (SSSR count). The van der Waals surface area contributed by atoms with Crippen molar-refractivity contribution in [3.8, 4) is 17.3 Å². The molecule has 0 aliphatic heterocycles. The maximum atomic E-state index is 13.6. The van der Waals surface area contributed by atoms with Crippen molar-refractivity contribution < 1.29 is 19.0 Å². The van der Waals surface area contributed by atoms with Gasteiger partial charge in [-0.3, -0.25) is 9.36 Å². The monoisotopic (exact) mass is 356 g/mol. The third kappa shape index (κ3) is 3.39. The largest absolute Gasteiger partial charge is 0.507 e. The molecule has 8 heteroatoms. The molecule has 0 atom stereocenters. The number of aromatic nitrogens is 4. The number of rotatable bonds is 6. The molecule has 0 radical (unpaired) electrons. The van der Waals surface area contributed by atoms with Crippen LogP contribution in [0.3, 0.4) is 0 Å². The number of hydrogen-bond donors (Lipinski definition) is 1. The number of carbonyl (C=O) groups excluding carboxylic acids is 1. The zero-order chi connectivity index (χ0) is 18.7.